The Morgan fingerprint density at radius 1 is 1.29 bits per heavy atom. The van der Waals surface area contributed by atoms with Crippen LogP contribution in [-0.2, 0) is 6.54 Å². The highest BCUT2D eigenvalue weighted by atomic mass is 19.3. The number of carbonyl (C=O) groups is 1. The Balaban J connectivity index is 1.47. The molecule has 0 unspecified atom stereocenters. The van der Waals surface area contributed by atoms with Crippen LogP contribution in [0, 0.1) is 0 Å². The number of hydrogen-bond acceptors (Lipinski definition) is 3. The van der Waals surface area contributed by atoms with E-state index in [2.05, 4.69) is 27.2 Å². The molecule has 0 aliphatic heterocycles. The Bertz CT molecular complexity index is 954. The van der Waals surface area contributed by atoms with E-state index in [1.165, 1.54) is 12.3 Å². The normalized spacial score (nSPS) is 11.2. The summed E-state index contributed by atoms with van der Waals surface area (Å²) in [6.07, 6.45) is 3.98. The van der Waals surface area contributed by atoms with Gasteiger partial charge in [-0.05, 0) is 29.8 Å². The lowest BCUT2D eigenvalue weighted by molar-refractivity contribution is -0.0388. The van der Waals surface area contributed by atoms with Crippen molar-refractivity contribution in [2.24, 2.45) is 0 Å². The van der Waals surface area contributed by atoms with Crippen LogP contribution >= 0.6 is 0 Å². The van der Waals surface area contributed by atoms with Gasteiger partial charge in [0.2, 0.25) is 5.88 Å². The molecule has 2 heterocycles. The lowest BCUT2D eigenvalue weighted by Crippen LogP contribution is -2.28. The van der Waals surface area contributed by atoms with Crippen LogP contribution in [0.5, 0.6) is 5.88 Å². The van der Waals surface area contributed by atoms with Crippen LogP contribution in [-0.4, -0.2) is 28.5 Å². The molecule has 6 nitrogen and oxygen atoms in total. The zero-order chi connectivity index (χ0) is 20.0. The Hall–Kier alpha value is -3.42. The number of nitrogens with one attached hydrogen (secondary N) is 3. The summed E-state index contributed by atoms with van der Waals surface area (Å²) < 4.78 is 31.7. The van der Waals surface area contributed by atoms with Crippen molar-refractivity contribution in [2.75, 3.05) is 11.9 Å². The first-order valence-electron chi connectivity index (χ1n) is 8.64. The van der Waals surface area contributed by atoms with Crippen LogP contribution in [0.3, 0.4) is 0 Å². The molecule has 0 bridgehead atoms. The number of ether oxygens (including phenoxy) is 1. The minimum absolute atomic E-state index is 0.0942. The molecule has 0 fully saturated rings. The van der Waals surface area contributed by atoms with Crippen LogP contribution in [0.15, 0.2) is 61.4 Å². The number of benzene rings is 1. The van der Waals surface area contributed by atoms with Crippen LogP contribution < -0.4 is 15.4 Å². The largest absolute Gasteiger partial charge is 0.471 e. The second-order valence-corrected chi connectivity index (χ2v) is 6.23. The van der Waals surface area contributed by atoms with E-state index in [4.69, 9.17) is 4.74 Å². The van der Waals surface area contributed by atoms with E-state index in [0.29, 0.717) is 11.3 Å². The van der Waals surface area contributed by atoms with Crippen molar-refractivity contribution >= 4 is 22.6 Å². The predicted octanol–water partition coefficient (Wildman–Crippen LogP) is 4.47. The zero-order valence-electron chi connectivity index (χ0n) is 15.0. The van der Waals surface area contributed by atoms with Gasteiger partial charge in [-0.25, -0.2) is 18.6 Å². The van der Waals surface area contributed by atoms with Gasteiger partial charge in [0.1, 0.15) is 0 Å². The first kappa shape index (κ1) is 19.3. The highest BCUT2D eigenvalue weighted by Crippen LogP contribution is 2.20. The molecule has 2 aromatic heterocycles. The zero-order valence-corrected chi connectivity index (χ0v) is 15.0. The molecule has 8 heteroatoms. The van der Waals surface area contributed by atoms with E-state index in [9.17, 15) is 13.6 Å². The molecule has 2 amide bonds. The van der Waals surface area contributed by atoms with E-state index < -0.39 is 19.0 Å². The van der Waals surface area contributed by atoms with Gasteiger partial charge in [0, 0.05) is 48.0 Å². The summed E-state index contributed by atoms with van der Waals surface area (Å²) in [5.41, 5.74) is 2.37. The number of aromatic amines is 1. The van der Waals surface area contributed by atoms with Gasteiger partial charge in [-0.2, -0.15) is 0 Å². The summed E-state index contributed by atoms with van der Waals surface area (Å²) >= 11 is 0. The molecular formula is C20H20F2N4O2. The van der Waals surface area contributed by atoms with Crippen molar-refractivity contribution in [1.29, 1.82) is 0 Å². The van der Waals surface area contributed by atoms with E-state index in [1.54, 1.807) is 12.1 Å². The maximum Gasteiger partial charge on any atom is 0.319 e. The van der Waals surface area contributed by atoms with Gasteiger partial charge >= 0.3 is 6.03 Å². The van der Waals surface area contributed by atoms with Gasteiger partial charge in [0.25, 0.3) is 5.92 Å². The molecule has 1 aromatic carbocycles. The van der Waals surface area contributed by atoms with Crippen molar-refractivity contribution in [1.82, 2.24) is 15.3 Å². The third-order valence-corrected chi connectivity index (χ3v) is 3.94. The second-order valence-electron chi connectivity index (χ2n) is 6.23. The lowest BCUT2D eigenvalue weighted by atomic mass is 10.2. The molecule has 3 aromatic rings. The quantitative estimate of drug-likeness (QED) is 0.500. The summed E-state index contributed by atoms with van der Waals surface area (Å²) in [5, 5.41) is 6.46. The number of allylic oxidation sites excluding steroid dienone is 1. The Labute approximate surface area is 160 Å². The molecule has 0 atom stereocenters. The van der Waals surface area contributed by atoms with Gasteiger partial charge in [-0.1, -0.05) is 12.1 Å². The third kappa shape index (κ3) is 5.29. The van der Waals surface area contributed by atoms with Gasteiger partial charge < -0.3 is 20.4 Å². The average Bonchev–Trinajstić information content (AvgIpc) is 3.13. The number of amides is 2. The van der Waals surface area contributed by atoms with E-state index in [-0.39, 0.29) is 18.5 Å². The number of hydrogen-bond donors (Lipinski definition) is 3. The molecule has 3 N–H and O–H groups in total. The molecule has 0 saturated heterocycles. The molecule has 3 rings (SSSR count). The summed E-state index contributed by atoms with van der Waals surface area (Å²) in [7, 11) is 0. The second kappa shape index (κ2) is 8.51. The molecule has 146 valence electrons. The average molecular weight is 386 g/mol. The molecule has 0 spiro atoms. The van der Waals surface area contributed by atoms with Crippen LogP contribution in [0.4, 0.5) is 19.3 Å². The SMILES string of the molecule is C=CCC(F)(F)COc1ccc(CNC(=O)Nc2ccc3[nH]ccc3c2)cn1. The van der Waals surface area contributed by atoms with Gasteiger partial charge in [-0.15, -0.1) is 6.58 Å². The number of fused-ring (bicyclic) bond motifs is 1. The highest BCUT2D eigenvalue weighted by Gasteiger charge is 2.28. The monoisotopic (exact) mass is 386 g/mol. The Kier molecular flexibility index (Phi) is 5.88. The van der Waals surface area contributed by atoms with Crippen LogP contribution in [0.1, 0.15) is 12.0 Å². The standard InChI is InChI=1S/C20H20F2N4O2/c1-2-8-20(21,22)13-28-18-6-3-14(11-24-18)12-25-19(27)26-16-4-5-17-15(10-16)7-9-23-17/h2-7,9-11,23H,1,8,12-13H2,(H2,25,26,27). The highest BCUT2D eigenvalue weighted by molar-refractivity contribution is 5.92. The van der Waals surface area contributed by atoms with Crippen molar-refractivity contribution in [3.05, 3.63) is 67.0 Å². The number of pyridine rings is 1. The minimum atomic E-state index is -2.98. The Morgan fingerprint density at radius 2 is 2.14 bits per heavy atom. The summed E-state index contributed by atoms with van der Waals surface area (Å²) in [6, 6.07) is 10.2. The van der Waals surface area contributed by atoms with Crippen molar-refractivity contribution in [3.63, 3.8) is 0 Å². The number of alkyl halides is 2. The number of rotatable bonds is 8. The summed E-state index contributed by atoms with van der Waals surface area (Å²) in [6.45, 7) is 2.76. The number of halogens is 2. The molecule has 28 heavy (non-hydrogen) atoms. The fourth-order valence-corrected chi connectivity index (χ4v) is 2.54. The number of urea groups is 1. The fraction of sp³-hybridized carbons (Fsp3) is 0.200. The first-order valence-corrected chi connectivity index (χ1v) is 8.64. The smallest absolute Gasteiger partial charge is 0.319 e. The van der Waals surface area contributed by atoms with Crippen LogP contribution in [0.2, 0.25) is 0 Å². The molecule has 0 radical (unpaired) electrons. The maximum absolute atomic E-state index is 13.4. The predicted molar refractivity (Wildman–Crippen MR) is 104 cm³/mol. The third-order valence-electron chi connectivity index (χ3n) is 3.94. The number of H-pyrrole nitrogens is 1. The van der Waals surface area contributed by atoms with Crippen molar-refractivity contribution in [3.8, 4) is 5.88 Å². The maximum atomic E-state index is 13.4. The molecule has 0 saturated carbocycles. The van der Waals surface area contributed by atoms with Crippen LogP contribution in [0.25, 0.3) is 10.9 Å². The van der Waals surface area contributed by atoms with E-state index >= 15 is 0 Å². The van der Waals surface area contributed by atoms with E-state index in [1.807, 2.05) is 24.4 Å². The first-order chi connectivity index (χ1) is 13.4. The molecular weight excluding hydrogens is 366 g/mol. The molecule has 0 aliphatic rings. The summed E-state index contributed by atoms with van der Waals surface area (Å²) in [5.74, 6) is -2.89. The number of aromatic nitrogens is 2. The molecule has 0 aliphatic carbocycles. The minimum Gasteiger partial charge on any atom is -0.471 e. The summed E-state index contributed by atoms with van der Waals surface area (Å²) in [4.78, 5) is 19.1. The van der Waals surface area contributed by atoms with Gasteiger partial charge in [0.05, 0.1) is 0 Å². The fourth-order valence-electron chi connectivity index (χ4n) is 2.54. The number of nitrogens with zero attached hydrogens (tertiary/aromatic N) is 1. The number of carbonyl (C=O) groups excluding carboxylic acids is 1. The topological polar surface area (TPSA) is 79.0 Å². The Morgan fingerprint density at radius 3 is 2.89 bits per heavy atom. The van der Waals surface area contributed by atoms with Crippen molar-refractivity contribution < 1.29 is 18.3 Å². The van der Waals surface area contributed by atoms with E-state index in [0.717, 1.165) is 17.0 Å². The lowest BCUT2D eigenvalue weighted by Gasteiger charge is -2.14. The van der Waals surface area contributed by atoms with Crippen molar-refractivity contribution in [2.45, 2.75) is 18.9 Å². The number of anilines is 1. The van der Waals surface area contributed by atoms with Gasteiger partial charge in [-0.3, -0.25) is 0 Å². The van der Waals surface area contributed by atoms with Gasteiger partial charge in [0.15, 0.2) is 6.61 Å².